The molecule has 0 spiro atoms. The number of carboxylic acids is 1. The van der Waals surface area contributed by atoms with Gasteiger partial charge in [0.1, 0.15) is 0 Å². The van der Waals surface area contributed by atoms with Crippen molar-refractivity contribution in [3.63, 3.8) is 0 Å². The van der Waals surface area contributed by atoms with E-state index in [1.165, 1.54) is 18.0 Å². The maximum atomic E-state index is 11.3. The Morgan fingerprint density at radius 3 is 3.00 bits per heavy atom. The summed E-state index contributed by atoms with van der Waals surface area (Å²) in [6.07, 6.45) is 2.10. The van der Waals surface area contributed by atoms with Gasteiger partial charge in [0.2, 0.25) is 5.91 Å². The Labute approximate surface area is 85.9 Å². The number of aromatic amines is 1. The van der Waals surface area contributed by atoms with E-state index < -0.39 is 12.0 Å². The van der Waals surface area contributed by atoms with Gasteiger partial charge in [-0.05, 0) is 0 Å². The van der Waals surface area contributed by atoms with Gasteiger partial charge in [-0.3, -0.25) is 9.89 Å². The number of nitrogens with one attached hydrogen (secondary N) is 1. The lowest BCUT2D eigenvalue weighted by Gasteiger charge is -2.31. The SMILES string of the molecule is CC(=O)N1CCc2[nH]ncc2C1C(=O)O. The van der Waals surface area contributed by atoms with Crippen molar-refractivity contribution in [1.82, 2.24) is 15.1 Å². The number of hydrogen-bond acceptors (Lipinski definition) is 3. The van der Waals surface area contributed by atoms with Gasteiger partial charge in [-0.2, -0.15) is 5.10 Å². The average Bonchev–Trinajstić information content (AvgIpc) is 2.62. The first-order valence-corrected chi connectivity index (χ1v) is 4.63. The highest BCUT2D eigenvalue weighted by Crippen LogP contribution is 2.28. The van der Waals surface area contributed by atoms with Gasteiger partial charge in [-0.1, -0.05) is 0 Å². The minimum absolute atomic E-state index is 0.228. The Morgan fingerprint density at radius 2 is 2.40 bits per heavy atom. The largest absolute Gasteiger partial charge is 0.479 e. The fraction of sp³-hybridized carbons (Fsp3) is 0.444. The molecule has 15 heavy (non-hydrogen) atoms. The molecular weight excluding hydrogens is 198 g/mol. The number of aromatic nitrogens is 2. The quantitative estimate of drug-likeness (QED) is 0.678. The Hall–Kier alpha value is -1.85. The zero-order chi connectivity index (χ0) is 11.0. The predicted octanol–water partition coefficient (Wildman–Crippen LogP) is -0.0600. The third-order valence-corrected chi connectivity index (χ3v) is 2.60. The molecule has 1 amide bonds. The molecule has 1 aromatic rings. The highest BCUT2D eigenvalue weighted by molar-refractivity contribution is 5.84. The van der Waals surface area contributed by atoms with Crippen LogP contribution in [-0.2, 0) is 16.0 Å². The van der Waals surface area contributed by atoms with Gasteiger partial charge in [-0.25, -0.2) is 4.79 Å². The molecule has 6 heteroatoms. The van der Waals surface area contributed by atoms with Gasteiger partial charge in [0, 0.05) is 31.1 Å². The van der Waals surface area contributed by atoms with E-state index in [1.807, 2.05) is 0 Å². The summed E-state index contributed by atoms with van der Waals surface area (Å²) >= 11 is 0. The van der Waals surface area contributed by atoms with Crippen molar-refractivity contribution in [3.05, 3.63) is 17.5 Å². The van der Waals surface area contributed by atoms with Crippen LogP contribution in [0, 0.1) is 0 Å². The minimum atomic E-state index is -1.02. The van der Waals surface area contributed by atoms with Gasteiger partial charge in [0.05, 0.1) is 6.20 Å². The Balaban J connectivity index is 2.43. The van der Waals surface area contributed by atoms with Crippen LogP contribution in [0.4, 0.5) is 0 Å². The smallest absolute Gasteiger partial charge is 0.331 e. The molecule has 80 valence electrons. The molecule has 2 heterocycles. The summed E-state index contributed by atoms with van der Waals surface area (Å²) in [7, 11) is 0. The first kappa shape index (κ1) is 9.70. The van der Waals surface area contributed by atoms with Crippen molar-refractivity contribution in [1.29, 1.82) is 0 Å². The van der Waals surface area contributed by atoms with Crippen LogP contribution in [0.15, 0.2) is 6.20 Å². The zero-order valence-corrected chi connectivity index (χ0v) is 8.23. The van der Waals surface area contributed by atoms with E-state index in [2.05, 4.69) is 10.2 Å². The lowest BCUT2D eigenvalue weighted by atomic mass is 9.99. The highest BCUT2D eigenvalue weighted by atomic mass is 16.4. The molecule has 2 rings (SSSR count). The number of amides is 1. The van der Waals surface area contributed by atoms with Gasteiger partial charge in [0.25, 0.3) is 0 Å². The van der Waals surface area contributed by atoms with Crippen molar-refractivity contribution in [2.75, 3.05) is 6.54 Å². The van der Waals surface area contributed by atoms with Crippen LogP contribution in [0.3, 0.4) is 0 Å². The lowest BCUT2D eigenvalue weighted by Crippen LogP contribution is -2.42. The summed E-state index contributed by atoms with van der Waals surface area (Å²) in [6, 6.07) is -0.898. The molecule has 0 saturated heterocycles. The molecule has 1 atom stereocenters. The monoisotopic (exact) mass is 209 g/mol. The van der Waals surface area contributed by atoms with Crippen molar-refractivity contribution in [2.24, 2.45) is 0 Å². The summed E-state index contributed by atoms with van der Waals surface area (Å²) in [5.41, 5.74) is 1.39. The molecule has 1 aliphatic rings. The molecule has 0 radical (unpaired) electrons. The molecule has 0 fully saturated rings. The predicted molar refractivity (Wildman–Crippen MR) is 50.1 cm³/mol. The molecule has 0 saturated carbocycles. The minimum Gasteiger partial charge on any atom is -0.479 e. The number of carbonyl (C=O) groups is 2. The van der Waals surface area contributed by atoms with Crippen molar-refractivity contribution < 1.29 is 14.7 Å². The molecular formula is C9H11N3O3. The van der Waals surface area contributed by atoms with E-state index in [0.29, 0.717) is 18.5 Å². The summed E-state index contributed by atoms with van der Waals surface area (Å²) in [5, 5.41) is 15.6. The summed E-state index contributed by atoms with van der Waals surface area (Å²) in [5.74, 6) is -1.25. The average molecular weight is 209 g/mol. The number of H-pyrrole nitrogens is 1. The van der Waals surface area contributed by atoms with Gasteiger partial charge in [-0.15, -0.1) is 0 Å². The fourth-order valence-corrected chi connectivity index (χ4v) is 1.89. The van der Waals surface area contributed by atoms with Crippen LogP contribution in [0.1, 0.15) is 24.2 Å². The van der Waals surface area contributed by atoms with Crippen molar-refractivity contribution >= 4 is 11.9 Å². The second kappa shape index (κ2) is 3.38. The van der Waals surface area contributed by atoms with Crippen molar-refractivity contribution in [2.45, 2.75) is 19.4 Å². The number of hydrogen-bond donors (Lipinski definition) is 2. The van der Waals surface area contributed by atoms with Gasteiger partial charge in [0.15, 0.2) is 6.04 Å². The number of fused-ring (bicyclic) bond motifs is 1. The number of rotatable bonds is 1. The van der Waals surface area contributed by atoms with Crippen LogP contribution in [0.2, 0.25) is 0 Å². The number of nitrogens with zero attached hydrogens (tertiary/aromatic N) is 2. The second-order valence-corrected chi connectivity index (χ2v) is 3.51. The van der Waals surface area contributed by atoms with Crippen LogP contribution in [-0.4, -0.2) is 38.6 Å². The van der Waals surface area contributed by atoms with Crippen LogP contribution < -0.4 is 0 Å². The van der Waals surface area contributed by atoms with Crippen LogP contribution in [0.25, 0.3) is 0 Å². The summed E-state index contributed by atoms with van der Waals surface area (Å²) in [4.78, 5) is 23.7. The number of aliphatic carboxylic acids is 1. The van der Waals surface area contributed by atoms with Crippen LogP contribution >= 0.6 is 0 Å². The topological polar surface area (TPSA) is 86.3 Å². The summed E-state index contributed by atoms with van der Waals surface area (Å²) < 4.78 is 0. The molecule has 1 unspecified atom stereocenters. The standard InChI is InChI=1S/C9H11N3O3/c1-5(13)12-3-2-7-6(4-10-11-7)8(12)9(14)15/h4,8H,2-3H2,1H3,(H,10,11)(H,14,15). The van der Waals surface area contributed by atoms with Gasteiger partial charge < -0.3 is 10.0 Å². The first-order valence-electron chi connectivity index (χ1n) is 4.63. The maximum Gasteiger partial charge on any atom is 0.331 e. The number of carbonyl (C=O) groups excluding carboxylic acids is 1. The van der Waals surface area contributed by atoms with E-state index in [9.17, 15) is 9.59 Å². The number of carboxylic acid groups (broad SMARTS) is 1. The first-order chi connectivity index (χ1) is 7.11. The Morgan fingerprint density at radius 1 is 1.67 bits per heavy atom. The summed E-state index contributed by atoms with van der Waals surface area (Å²) in [6.45, 7) is 1.79. The third kappa shape index (κ3) is 1.47. The molecule has 2 N–H and O–H groups in total. The fourth-order valence-electron chi connectivity index (χ4n) is 1.89. The van der Waals surface area contributed by atoms with Crippen molar-refractivity contribution in [3.8, 4) is 0 Å². The second-order valence-electron chi connectivity index (χ2n) is 3.51. The molecule has 6 nitrogen and oxygen atoms in total. The third-order valence-electron chi connectivity index (χ3n) is 2.60. The van der Waals surface area contributed by atoms with E-state index in [0.717, 1.165) is 5.69 Å². The molecule has 1 aliphatic heterocycles. The molecule has 0 aromatic carbocycles. The molecule has 1 aromatic heterocycles. The van der Waals surface area contributed by atoms with Crippen LogP contribution in [0.5, 0.6) is 0 Å². The maximum absolute atomic E-state index is 11.3. The van der Waals surface area contributed by atoms with Gasteiger partial charge >= 0.3 is 5.97 Å². The highest BCUT2D eigenvalue weighted by Gasteiger charge is 2.35. The van der Waals surface area contributed by atoms with E-state index in [1.54, 1.807) is 0 Å². The van der Waals surface area contributed by atoms with E-state index in [4.69, 9.17) is 5.11 Å². The van der Waals surface area contributed by atoms with E-state index >= 15 is 0 Å². The molecule has 0 aliphatic carbocycles. The zero-order valence-electron chi connectivity index (χ0n) is 8.23. The van der Waals surface area contributed by atoms with E-state index in [-0.39, 0.29) is 5.91 Å². The Kier molecular flexibility index (Phi) is 2.18. The normalized spacial score (nSPS) is 19.8. The Bertz CT molecular complexity index is 412. The molecule has 0 bridgehead atoms. The lowest BCUT2D eigenvalue weighted by molar-refractivity contribution is -0.150.